The first kappa shape index (κ1) is 25.7. The first-order chi connectivity index (χ1) is 15.0. The van der Waals surface area contributed by atoms with Gasteiger partial charge in [0.2, 0.25) is 5.91 Å². The van der Waals surface area contributed by atoms with Crippen LogP contribution in [0, 0.1) is 0 Å². The summed E-state index contributed by atoms with van der Waals surface area (Å²) in [4.78, 5) is 25.1. The number of carbonyl (C=O) groups is 2. The fraction of sp³-hybridized carbons (Fsp3) is 0.565. The Balaban J connectivity index is 0.000000451. The highest BCUT2D eigenvalue weighted by atomic mass is 19.4. The topological polar surface area (TPSA) is 86.9 Å². The number of nitrogens with zero attached hydrogens (tertiary/aromatic N) is 2. The lowest BCUT2D eigenvalue weighted by atomic mass is 9.85. The van der Waals surface area contributed by atoms with Gasteiger partial charge in [-0.05, 0) is 81.8 Å². The van der Waals surface area contributed by atoms with Gasteiger partial charge in [0.05, 0.1) is 6.54 Å². The van der Waals surface area contributed by atoms with Crippen LogP contribution < -0.4 is 5.73 Å². The van der Waals surface area contributed by atoms with Crippen LogP contribution in [0.25, 0.3) is 5.57 Å². The number of carboxylic acid groups (broad SMARTS) is 1. The van der Waals surface area contributed by atoms with Crippen LogP contribution in [0.4, 0.5) is 18.9 Å². The van der Waals surface area contributed by atoms with Gasteiger partial charge >= 0.3 is 12.1 Å². The molecule has 1 aromatic rings. The SMILES string of the molecule is CN(C)CC(=O)N1CCC(c2ccc(N)c(C3=CCCCC3)c2)CC1.O=C(O)C(F)(F)F. The van der Waals surface area contributed by atoms with E-state index in [-0.39, 0.29) is 5.91 Å². The molecule has 1 aliphatic heterocycles. The van der Waals surface area contributed by atoms with Crippen LogP contribution in [-0.4, -0.2) is 66.7 Å². The molecule has 0 atom stereocenters. The number of halogens is 3. The Labute approximate surface area is 186 Å². The van der Waals surface area contributed by atoms with Crippen LogP contribution in [0.1, 0.15) is 55.6 Å². The molecule has 1 aliphatic carbocycles. The van der Waals surface area contributed by atoms with Gasteiger partial charge in [0, 0.05) is 24.3 Å². The third kappa shape index (κ3) is 7.55. The van der Waals surface area contributed by atoms with E-state index >= 15 is 0 Å². The van der Waals surface area contributed by atoms with E-state index < -0.39 is 12.1 Å². The third-order valence-corrected chi connectivity index (χ3v) is 5.73. The van der Waals surface area contributed by atoms with Gasteiger partial charge < -0.3 is 20.6 Å². The molecule has 0 bridgehead atoms. The van der Waals surface area contributed by atoms with E-state index in [1.807, 2.05) is 23.9 Å². The monoisotopic (exact) mass is 455 g/mol. The van der Waals surface area contributed by atoms with Gasteiger partial charge in [-0.1, -0.05) is 12.1 Å². The fourth-order valence-corrected chi connectivity index (χ4v) is 4.02. The molecular weight excluding hydrogens is 423 g/mol. The number of likely N-dealkylation sites (N-methyl/N-ethyl adjacent to an activating group) is 1. The molecule has 1 aromatic carbocycles. The van der Waals surface area contributed by atoms with Gasteiger partial charge in [-0.25, -0.2) is 4.79 Å². The number of likely N-dealkylation sites (tertiary alicyclic amines) is 1. The molecule has 0 saturated carbocycles. The number of carbonyl (C=O) groups excluding carboxylic acids is 1. The molecule has 3 rings (SSSR count). The normalized spacial score (nSPS) is 17.4. The average molecular weight is 456 g/mol. The van der Waals surface area contributed by atoms with Gasteiger partial charge in [0.15, 0.2) is 0 Å². The number of hydrogen-bond acceptors (Lipinski definition) is 4. The maximum absolute atomic E-state index is 12.2. The zero-order chi connectivity index (χ0) is 23.9. The molecule has 6 nitrogen and oxygen atoms in total. The van der Waals surface area contributed by atoms with Gasteiger partial charge in [-0.2, -0.15) is 13.2 Å². The number of carboxylic acids is 1. The summed E-state index contributed by atoms with van der Waals surface area (Å²) in [6, 6.07) is 6.57. The van der Waals surface area contributed by atoms with Crippen LogP contribution in [0.3, 0.4) is 0 Å². The van der Waals surface area contributed by atoms with Gasteiger partial charge in [0.25, 0.3) is 0 Å². The molecule has 0 radical (unpaired) electrons. The molecule has 1 fully saturated rings. The van der Waals surface area contributed by atoms with Crippen LogP contribution in [-0.2, 0) is 9.59 Å². The molecule has 1 heterocycles. The Morgan fingerprint density at radius 2 is 1.81 bits per heavy atom. The van der Waals surface area contributed by atoms with Crippen molar-refractivity contribution < 1.29 is 27.9 Å². The van der Waals surface area contributed by atoms with Gasteiger partial charge in [-0.3, -0.25) is 4.79 Å². The number of aliphatic carboxylic acids is 1. The van der Waals surface area contributed by atoms with E-state index in [9.17, 15) is 18.0 Å². The van der Waals surface area contributed by atoms with Crippen molar-refractivity contribution in [3.05, 3.63) is 35.4 Å². The standard InChI is InChI=1S/C21H31N3O.C2HF3O2/c1-23(2)15-21(25)24-12-10-16(11-13-24)18-8-9-20(22)19(14-18)17-6-4-3-5-7-17;3-2(4,5)1(6)7/h6,8-9,14,16H,3-5,7,10-13,15,22H2,1-2H3;(H,6,7). The number of nitrogens with two attached hydrogens (primary N) is 1. The predicted molar refractivity (Wildman–Crippen MR) is 118 cm³/mol. The van der Waals surface area contributed by atoms with E-state index in [0.29, 0.717) is 12.5 Å². The van der Waals surface area contributed by atoms with Crippen molar-refractivity contribution in [1.29, 1.82) is 0 Å². The summed E-state index contributed by atoms with van der Waals surface area (Å²) in [5, 5.41) is 7.12. The van der Waals surface area contributed by atoms with Crippen LogP contribution in [0.2, 0.25) is 0 Å². The predicted octanol–water partition coefficient (Wildman–Crippen LogP) is 4.13. The molecular formula is C23H32F3N3O3. The maximum Gasteiger partial charge on any atom is 0.490 e. The summed E-state index contributed by atoms with van der Waals surface area (Å²) in [6.45, 7) is 2.23. The van der Waals surface area contributed by atoms with E-state index in [1.54, 1.807) is 0 Å². The number of benzene rings is 1. The number of allylic oxidation sites excluding steroid dienone is 2. The summed E-state index contributed by atoms with van der Waals surface area (Å²) >= 11 is 0. The number of hydrogen-bond donors (Lipinski definition) is 2. The van der Waals surface area contributed by atoms with Crippen molar-refractivity contribution in [3.8, 4) is 0 Å². The van der Waals surface area contributed by atoms with Gasteiger partial charge in [-0.15, -0.1) is 0 Å². The lowest BCUT2D eigenvalue weighted by Crippen LogP contribution is -2.42. The van der Waals surface area contributed by atoms with E-state index in [1.165, 1.54) is 36.0 Å². The fourth-order valence-electron chi connectivity index (χ4n) is 4.02. The zero-order valence-electron chi connectivity index (χ0n) is 18.6. The number of anilines is 1. The van der Waals surface area contributed by atoms with Crippen molar-refractivity contribution in [2.75, 3.05) is 39.5 Å². The molecule has 178 valence electrons. The number of amides is 1. The highest BCUT2D eigenvalue weighted by Crippen LogP contribution is 2.35. The Kier molecular flexibility index (Phi) is 9.12. The minimum atomic E-state index is -5.08. The van der Waals surface area contributed by atoms with E-state index in [2.05, 4.69) is 24.3 Å². The van der Waals surface area contributed by atoms with Crippen LogP contribution in [0.5, 0.6) is 0 Å². The molecule has 3 N–H and O–H groups in total. The van der Waals surface area contributed by atoms with Gasteiger partial charge in [0.1, 0.15) is 0 Å². The molecule has 0 unspecified atom stereocenters. The highest BCUT2D eigenvalue weighted by Gasteiger charge is 2.38. The van der Waals surface area contributed by atoms with E-state index in [4.69, 9.17) is 15.6 Å². The lowest BCUT2D eigenvalue weighted by molar-refractivity contribution is -0.192. The smallest absolute Gasteiger partial charge is 0.475 e. The maximum atomic E-state index is 12.2. The second-order valence-corrected chi connectivity index (χ2v) is 8.52. The molecule has 0 spiro atoms. The van der Waals surface area contributed by atoms with Crippen molar-refractivity contribution in [3.63, 3.8) is 0 Å². The van der Waals surface area contributed by atoms with Crippen molar-refractivity contribution in [1.82, 2.24) is 9.80 Å². The summed E-state index contributed by atoms with van der Waals surface area (Å²) in [5.41, 5.74) is 11.2. The Morgan fingerprint density at radius 3 is 2.31 bits per heavy atom. The summed E-state index contributed by atoms with van der Waals surface area (Å²) in [7, 11) is 3.89. The second kappa shape index (κ2) is 11.4. The zero-order valence-corrected chi connectivity index (χ0v) is 18.6. The first-order valence-corrected chi connectivity index (χ1v) is 10.8. The van der Waals surface area contributed by atoms with Crippen molar-refractivity contribution in [2.45, 2.75) is 50.6 Å². The average Bonchev–Trinajstić information content (AvgIpc) is 2.74. The Hall–Kier alpha value is -2.55. The third-order valence-electron chi connectivity index (χ3n) is 5.73. The van der Waals surface area contributed by atoms with Crippen LogP contribution in [0.15, 0.2) is 24.3 Å². The number of alkyl halides is 3. The highest BCUT2D eigenvalue weighted by molar-refractivity contribution is 5.78. The van der Waals surface area contributed by atoms with E-state index in [0.717, 1.165) is 38.0 Å². The lowest BCUT2D eigenvalue weighted by Gasteiger charge is -2.33. The molecule has 1 amide bonds. The Bertz CT molecular complexity index is 830. The molecule has 2 aliphatic rings. The second-order valence-electron chi connectivity index (χ2n) is 8.52. The molecule has 0 aromatic heterocycles. The molecule has 1 saturated heterocycles. The summed E-state index contributed by atoms with van der Waals surface area (Å²) < 4.78 is 31.7. The first-order valence-electron chi connectivity index (χ1n) is 10.8. The molecule has 9 heteroatoms. The minimum Gasteiger partial charge on any atom is -0.475 e. The summed E-state index contributed by atoms with van der Waals surface area (Å²) in [6.07, 6.45) is 4.24. The minimum absolute atomic E-state index is 0.244. The summed E-state index contributed by atoms with van der Waals surface area (Å²) in [5.74, 6) is -1.98. The quantitative estimate of drug-likeness (QED) is 0.667. The molecule has 32 heavy (non-hydrogen) atoms. The Morgan fingerprint density at radius 1 is 1.19 bits per heavy atom. The van der Waals surface area contributed by atoms with Crippen molar-refractivity contribution in [2.24, 2.45) is 0 Å². The largest absolute Gasteiger partial charge is 0.490 e. The van der Waals surface area contributed by atoms with Crippen molar-refractivity contribution >= 4 is 23.1 Å². The number of nitrogen functional groups attached to an aromatic ring is 1. The van der Waals surface area contributed by atoms with Crippen LogP contribution >= 0.6 is 0 Å². The number of rotatable bonds is 4. The number of piperidine rings is 1.